The Kier molecular flexibility index (Phi) is 5.53. The third-order valence-corrected chi connectivity index (χ3v) is 7.55. The van der Waals surface area contributed by atoms with Gasteiger partial charge in [-0.25, -0.2) is 0 Å². The van der Waals surface area contributed by atoms with Gasteiger partial charge in [-0.2, -0.15) is 0 Å². The molecule has 2 aliphatic rings. The predicted octanol–water partition coefficient (Wildman–Crippen LogP) is 5.99. The summed E-state index contributed by atoms with van der Waals surface area (Å²) in [4.78, 5) is 14.7. The van der Waals surface area contributed by atoms with Crippen molar-refractivity contribution in [2.45, 2.75) is 57.1 Å². The van der Waals surface area contributed by atoms with E-state index in [1.165, 1.54) is 24.8 Å². The average Bonchev–Trinajstić information content (AvgIpc) is 3.60. The van der Waals surface area contributed by atoms with Gasteiger partial charge >= 0.3 is 0 Å². The molecule has 2 saturated carbocycles. The molecule has 1 aromatic heterocycles. The number of aromatic amines is 1. The smallest absolute Gasteiger partial charge is 0.255 e. The molecule has 0 aliphatic heterocycles. The summed E-state index contributed by atoms with van der Waals surface area (Å²) in [7, 11) is 0. The number of fused-ring (bicyclic) bond motifs is 1. The summed E-state index contributed by atoms with van der Waals surface area (Å²) in [6.45, 7) is 0. The first-order valence-electron chi connectivity index (χ1n) is 11.3. The van der Waals surface area contributed by atoms with E-state index in [1.807, 2.05) is 12.1 Å². The van der Waals surface area contributed by atoms with E-state index >= 15 is 0 Å². The minimum atomic E-state index is -0.136. The van der Waals surface area contributed by atoms with Gasteiger partial charge in [0.1, 0.15) is 5.75 Å². The third-order valence-electron chi connectivity index (χ3n) is 7.26. The molecule has 0 bridgehead atoms. The topological polar surface area (TPSA) is 68.1 Å². The minimum Gasteiger partial charge on any atom is -0.489 e. The molecule has 1 unspecified atom stereocenters. The van der Waals surface area contributed by atoms with Gasteiger partial charge in [0.25, 0.3) is 5.56 Å². The fraction of sp³-hybridized carbons (Fsp3) is 0.423. The van der Waals surface area contributed by atoms with Gasteiger partial charge in [-0.1, -0.05) is 54.8 Å². The number of halogens is 1. The van der Waals surface area contributed by atoms with Crippen molar-refractivity contribution in [3.05, 3.63) is 75.7 Å². The Morgan fingerprint density at radius 3 is 2.55 bits per heavy atom. The number of pyridine rings is 1. The Bertz CT molecular complexity index is 1120. The maximum atomic E-state index is 12.0. The molecule has 5 heteroatoms. The SMILES string of the molecule is NC(c1ccccc1)[C@]1(CC2CC2)CC[C@H](Oc2cc3cc[nH]c(=O)c3cc2Cl)CC1. The first-order valence-corrected chi connectivity index (χ1v) is 11.7. The molecule has 0 saturated heterocycles. The van der Waals surface area contributed by atoms with Crippen LogP contribution in [0.25, 0.3) is 10.8 Å². The molecule has 0 spiro atoms. The highest BCUT2D eigenvalue weighted by atomic mass is 35.5. The first kappa shape index (κ1) is 20.6. The van der Waals surface area contributed by atoms with Crippen LogP contribution in [-0.4, -0.2) is 11.1 Å². The van der Waals surface area contributed by atoms with E-state index in [2.05, 4.69) is 35.3 Å². The van der Waals surface area contributed by atoms with Crippen molar-refractivity contribution in [1.29, 1.82) is 0 Å². The molecule has 5 rings (SSSR count). The van der Waals surface area contributed by atoms with Crippen LogP contribution in [0.15, 0.2) is 59.5 Å². The molecule has 3 aromatic rings. The quantitative estimate of drug-likeness (QED) is 0.498. The molecule has 2 fully saturated rings. The number of benzene rings is 2. The normalized spacial score (nSPS) is 24.8. The Labute approximate surface area is 187 Å². The van der Waals surface area contributed by atoms with Crippen LogP contribution in [-0.2, 0) is 0 Å². The minimum absolute atomic E-state index is 0.0613. The van der Waals surface area contributed by atoms with E-state index in [0.717, 1.165) is 37.0 Å². The summed E-state index contributed by atoms with van der Waals surface area (Å²) in [6.07, 6.45) is 9.74. The molecule has 3 N–H and O–H groups in total. The standard InChI is InChI=1S/C26H29ClN2O2/c27-22-15-21-19(10-13-29-25(21)30)14-23(22)31-20-8-11-26(12-9-20,16-17-6-7-17)24(28)18-4-2-1-3-5-18/h1-5,10,13-15,17,20,24H,6-9,11-12,16,28H2,(H,29,30)/t20-,24?,26+. The van der Waals surface area contributed by atoms with Gasteiger partial charge in [-0.15, -0.1) is 0 Å². The Hall–Kier alpha value is -2.30. The number of nitrogens with two attached hydrogens (primary N) is 1. The fourth-order valence-corrected chi connectivity index (χ4v) is 5.50. The molecule has 162 valence electrons. The van der Waals surface area contributed by atoms with Gasteiger partial charge in [0.05, 0.1) is 11.1 Å². The van der Waals surface area contributed by atoms with Crippen LogP contribution in [0.2, 0.25) is 5.02 Å². The summed E-state index contributed by atoms with van der Waals surface area (Å²) in [5.74, 6) is 1.49. The van der Waals surface area contributed by atoms with Crippen molar-refractivity contribution in [2.24, 2.45) is 17.1 Å². The second-order valence-corrected chi connectivity index (χ2v) is 9.80. The summed E-state index contributed by atoms with van der Waals surface area (Å²) in [5.41, 5.74) is 8.13. The monoisotopic (exact) mass is 436 g/mol. The number of H-pyrrole nitrogens is 1. The van der Waals surface area contributed by atoms with E-state index in [-0.39, 0.29) is 23.1 Å². The van der Waals surface area contributed by atoms with Crippen LogP contribution >= 0.6 is 11.6 Å². The lowest BCUT2D eigenvalue weighted by Gasteiger charge is -2.45. The van der Waals surface area contributed by atoms with Gasteiger partial charge in [-0.3, -0.25) is 4.79 Å². The lowest BCUT2D eigenvalue weighted by Crippen LogP contribution is -2.41. The largest absolute Gasteiger partial charge is 0.489 e. The van der Waals surface area contributed by atoms with Gasteiger partial charge < -0.3 is 15.5 Å². The predicted molar refractivity (Wildman–Crippen MR) is 126 cm³/mol. The van der Waals surface area contributed by atoms with Crippen molar-refractivity contribution >= 4 is 22.4 Å². The number of ether oxygens (including phenoxy) is 1. The highest BCUT2D eigenvalue weighted by Crippen LogP contribution is 2.53. The van der Waals surface area contributed by atoms with Gasteiger partial charge in [0, 0.05) is 17.6 Å². The van der Waals surface area contributed by atoms with Crippen molar-refractivity contribution in [3.8, 4) is 5.75 Å². The fourth-order valence-electron chi connectivity index (χ4n) is 5.30. The van der Waals surface area contributed by atoms with Gasteiger partial charge in [-0.05, 0) is 72.6 Å². The summed E-state index contributed by atoms with van der Waals surface area (Å²) in [6, 6.07) is 16.1. The number of hydrogen-bond donors (Lipinski definition) is 2. The van der Waals surface area contributed by atoms with Crippen LogP contribution in [0, 0.1) is 11.3 Å². The second kappa shape index (κ2) is 8.33. The van der Waals surface area contributed by atoms with Crippen molar-refractivity contribution in [2.75, 3.05) is 0 Å². The highest BCUT2D eigenvalue weighted by molar-refractivity contribution is 6.32. The number of hydrogen-bond acceptors (Lipinski definition) is 3. The highest BCUT2D eigenvalue weighted by Gasteiger charge is 2.44. The molecule has 1 heterocycles. The van der Waals surface area contributed by atoms with E-state index in [9.17, 15) is 4.79 Å². The molecular formula is C26H29ClN2O2. The van der Waals surface area contributed by atoms with Crippen LogP contribution in [0.4, 0.5) is 0 Å². The zero-order valence-electron chi connectivity index (χ0n) is 17.6. The molecule has 0 amide bonds. The van der Waals surface area contributed by atoms with E-state index < -0.39 is 0 Å². The Balaban J connectivity index is 1.33. The third kappa shape index (κ3) is 4.24. The van der Waals surface area contributed by atoms with Crippen molar-refractivity contribution in [3.63, 3.8) is 0 Å². The van der Waals surface area contributed by atoms with E-state index in [1.54, 1.807) is 12.3 Å². The van der Waals surface area contributed by atoms with Crippen LogP contribution in [0.3, 0.4) is 0 Å². The molecule has 2 aromatic carbocycles. The van der Waals surface area contributed by atoms with Crippen LogP contribution in [0.5, 0.6) is 5.75 Å². The number of aromatic nitrogens is 1. The first-order chi connectivity index (χ1) is 15.0. The van der Waals surface area contributed by atoms with Crippen molar-refractivity contribution < 1.29 is 4.74 Å². The lowest BCUT2D eigenvalue weighted by atomic mass is 9.64. The van der Waals surface area contributed by atoms with Crippen molar-refractivity contribution in [1.82, 2.24) is 4.98 Å². The zero-order chi connectivity index (χ0) is 21.4. The molecule has 2 aliphatic carbocycles. The number of nitrogens with one attached hydrogen (secondary N) is 1. The van der Waals surface area contributed by atoms with Crippen LogP contribution < -0.4 is 16.0 Å². The maximum absolute atomic E-state index is 12.0. The lowest BCUT2D eigenvalue weighted by molar-refractivity contribution is 0.0499. The Morgan fingerprint density at radius 2 is 1.84 bits per heavy atom. The van der Waals surface area contributed by atoms with Gasteiger partial charge in [0.2, 0.25) is 0 Å². The average molecular weight is 437 g/mol. The molecule has 1 atom stereocenters. The Morgan fingerprint density at radius 1 is 1.10 bits per heavy atom. The van der Waals surface area contributed by atoms with Gasteiger partial charge in [0.15, 0.2) is 0 Å². The molecule has 4 nitrogen and oxygen atoms in total. The molecule has 31 heavy (non-hydrogen) atoms. The summed E-state index contributed by atoms with van der Waals surface area (Å²) in [5, 5.41) is 1.91. The van der Waals surface area contributed by atoms with E-state index in [4.69, 9.17) is 22.1 Å². The van der Waals surface area contributed by atoms with Crippen LogP contribution in [0.1, 0.15) is 56.6 Å². The summed E-state index contributed by atoms with van der Waals surface area (Å²) < 4.78 is 6.35. The molecular weight excluding hydrogens is 408 g/mol. The maximum Gasteiger partial charge on any atom is 0.255 e. The number of rotatable bonds is 6. The van der Waals surface area contributed by atoms with E-state index in [0.29, 0.717) is 16.2 Å². The zero-order valence-corrected chi connectivity index (χ0v) is 18.4. The summed E-state index contributed by atoms with van der Waals surface area (Å²) >= 11 is 6.46. The second-order valence-electron chi connectivity index (χ2n) is 9.39. The molecule has 0 radical (unpaired) electrons.